The number of ether oxygens (including phenoxy) is 2. The van der Waals surface area contributed by atoms with Crippen LogP contribution in [0.3, 0.4) is 0 Å². The van der Waals surface area contributed by atoms with Crippen LogP contribution in [-0.4, -0.2) is 31.6 Å². The molecule has 0 bridgehead atoms. The summed E-state index contributed by atoms with van der Waals surface area (Å²) in [6.45, 7) is 0.378. The number of amides is 1. The van der Waals surface area contributed by atoms with Gasteiger partial charge in [0.2, 0.25) is 0 Å². The van der Waals surface area contributed by atoms with Gasteiger partial charge in [-0.25, -0.2) is 4.39 Å². The van der Waals surface area contributed by atoms with E-state index >= 15 is 4.39 Å². The minimum Gasteiger partial charge on any atom is -0.493 e. The first-order valence-corrected chi connectivity index (χ1v) is 10.5. The molecular formula is C24H20Cl2FNO3. The zero-order valence-electron chi connectivity index (χ0n) is 17.0. The maximum atomic E-state index is 15.1. The highest BCUT2D eigenvalue weighted by molar-refractivity contribution is 6.31. The fourth-order valence-electron chi connectivity index (χ4n) is 4.04. The van der Waals surface area contributed by atoms with Gasteiger partial charge in [0.25, 0.3) is 5.91 Å². The molecule has 7 heteroatoms. The molecule has 0 radical (unpaired) electrons. The van der Waals surface area contributed by atoms with Crippen LogP contribution in [0.5, 0.6) is 11.5 Å². The Kier molecular flexibility index (Phi) is 6.08. The SMILES string of the molecule is COc1cc2c(cc1OC)C(c1c(F)cccc1Cl)N(C(=O)c1cccc(Cl)c1)CC2. The molecule has 1 unspecified atom stereocenters. The summed E-state index contributed by atoms with van der Waals surface area (Å²) in [5.74, 6) is 0.335. The van der Waals surface area contributed by atoms with Crippen LogP contribution in [0, 0.1) is 5.82 Å². The van der Waals surface area contributed by atoms with E-state index in [1.165, 1.54) is 13.2 Å². The van der Waals surface area contributed by atoms with Gasteiger partial charge >= 0.3 is 0 Å². The number of carbonyl (C=O) groups excluding carboxylic acids is 1. The molecule has 160 valence electrons. The Balaban J connectivity index is 1.92. The van der Waals surface area contributed by atoms with Crippen LogP contribution < -0.4 is 9.47 Å². The van der Waals surface area contributed by atoms with Crippen LogP contribution >= 0.6 is 23.2 Å². The number of fused-ring (bicyclic) bond motifs is 1. The summed E-state index contributed by atoms with van der Waals surface area (Å²) in [7, 11) is 3.10. The quantitative estimate of drug-likeness (QED) is 0.484. The molecule has 3 aromatic carbocycles. The Hall–Kier alpha value is -2.76. The molecule has 0 N–H and O–H groups in total. The van der Waals surface area contributed by atoms with E-state index in [1.807, 2.05) is 6.07 Å². The second-order valence-corrected chi connectivity index (χ2v) is 8.05. The molecule has 1 amide bonds. The fraction of sp³-hybridized carbons (Fsp3) is 0.208. The number of hydrogen-bond donors (Lipinski definition) is 0. The molecule has 1 aliphatic rings. The Morgan fingerprint density at radius 2 is 1.74 bits per heavy atom. The lowest BCUT2D eigenvalue weighted by molar-refractivity contribution is 0.0691. The monoisotopic (exact) mass is 459 g/mol. The van der Waals surface area contributed by atoms with E-state index in [2.05, 4.69) is 0 Å². The van der Waals surface area contributed by atoms with Crippen LogP contribution in [0.4, 0.5) is 4.39 Å². The number of rotatable bonds is 4. The Bertz CT molecular complexity index is 1130. The number of hydrogen-bond acceptors (Lipinski definition) is 3. The molecule has 0 aromatic heterocycles. The van der Waals surface area contributed by atoms with Gasteiger partial charge in [0.1, 0.15) is 5.82 Å². The molecule has 0 saturated heterocycles. The van der Waals surface area contributed by atoms with E-state index in [4.69, 9.17) is 32.7 Å². The number of carbonyl (C=O) groups is 1. The van der Waals surface area contributed by atoms with Crippen LogP contribution in [0.25, 0.3) is 0 Å². The van der Waals surface area contributed by atoms with E-state index in [9.17, 15) is 4.79 Å². The van der Waals surface area contributed by atoms with Gasteiger partial charge in [-0.3, -0.25) is 4.79 Å². The third-order valence-corrected chi connectivity index (χ3v) is 6.04. The molecule has 4 nitrogen and oxygen atoms in total. The Morgan fingerprint density at radius 1 is 1.03 bits per heavy atom. The fourth-order valence-corrected chi connectivity index (χ4v) is 4.49. The molecular weight excluding hydrogens is 440 g/mol. The first-order valence-electron chi connectivity index (χ1n) is 9.69. The second-order valence-electron chi connectivity index (χ2n) is 7.20. The van der Waals surface area contributed by atoms with Gasteiger partial charge in [0, 0.05) is 27.7 Å². The normalized spacial score (nSPS) is 15.4. The predicted molar refractivity (Wildman–Crippen MR) is 119 cm³/mol. The first kappa shape index (κ1) is 21.5. The zero-order valence-corrected chi connectivity index (χ0v) is 18.5. The zero-order chi connectivity index (χ0) is 22.1. The standard InChI is InChI=1S/C24H20Cl2FNO3/c1-30-20-12-14-9-10-28(24(29)15-5-3-6-16(25)11-15)23(17(14)13-21(20)31-2)22-18(26)7-4-8-19(22)27/h3-8,11-13,23H,9-10H2,1-2H3. The Morgan fingerprint density at radius 3 is 2.42 bits per heavy atom. The highest BCUT2D eigenvalue weighted by Crippen LogP contribution is 2.44. The third kappa shape index (κ3) is 3.95. The number of methoxy groups -OCH3 is 2. The highest BCUT2D eigenvalue weighted by atomic mass is 35.5. The van der Waals surface area contributed by atoms with Crippen molar-refractivity contribution < 1.29 is 18.7 Å². The van der Waals surface area contributed by atoms with E-state index in [1.54, 1.807) is 54.5 Å². The van der Waals surface area contributed by atoms with Crippen molar-refractivity contribution in [3.05, 3.63) is 92.7 Å². The van der Waals surface area contributed by atoms with E-state index in [0.29, 0.717) is 35.1 Å². The van der Waals surface area contributed by atoms with Crippen molar-refractivity contribution in [3.63, 3.8) is 0 Å². The van der Waals surface area contributed by atoms with E-state index in [-0.39, 0.29) is 16.5 Å². The Labute approximate surface area is 190 Å². The summed E-state index contributed by atoms with van der Waals surface area (Å²) in [5.41, 5.74) is 2.35. The lowest BCUT2D eigenvalue weighted by atomic mass is 9.87. The average molecular weight is 460 g/mol. The van der Waals surface area contributed by atoms with Crippen LogP contribution in [0.2, 0.25) is 10.0 Å². The van der Waals surface area contributed by atoms with Gasteiger partial charge in [-0.2, -0.15) is 0 Å². The highest BCUT2D eigenvalue weighted by Gasteiger charge is 2.36. The third-order valence-electron chi connectivity index (χ3n) is 5.48. The molecule has 4 rings (SSSR count). The van der Waals surface area contributed by atoms with Crippen molar-refractivity contribution in [3.8, 4) is 11.5 Å². The minimum atomic E-state index is -0.733. The molecule has 1 heterocycles. The van der Waals surface area contributed by atoms with Gasteiger partial charge in [-0.05, 0) is 60.0 Å². The number of halogens is 3. The largest absolute Gasteiger partial charge is 0.493 e. The predicted octanol–water partition coefficient (Wildman–Crippen LogP) is 5.94. The molecule has 1 atom stereocenters. The van der Waals surface area contributed by atoms with Gasteiger partial charge in [0.15, 0.2) is 11.5 Å². The maximum absolute atomic E-state index is 15.1. The first-order chi connectivity index (χ1) is 14.9. The van der Waals surface area contributed by atoms with Crippen molar-refractivity contribution in [2.45, 2.75) is 12.5 Å². The van der Waals surface area contributed by atoms with Crippen molar-refractivity contribution in [2.75, 3.05) is 20.8 Å². The van der Waals surface area contributed by atoms with Gasteiger partial charge < -0.3 is 14.4 Å². The van der Waals surface area contributed by atoms with Crippen molar-refractivity contribution in [2.24, 2.45) is 0 Å². The van der Waals surface area contributed by atoms with Crippen molar-refractivity contribution in [1.82, 2.24) is 4.90 Å². The lowest BCUT2D eigenvalue weighted by Crippen LogP contribution is -2.41. The number of benzene rings is 3. The molecule has 1 aliphatic heterocycles. The van der Waals surface area contributed by atoms with Crippen molar-refractivity contribution in [1.29, 1.82) is 0 Å². The summed E-state index contributed by atoms with van der Waals surface area (Å²) in [6, 6.07) is 14.2. The summed E-state index contributed by atoms with van der Waals surface area (Å²) >= 11 is 12.6. The van der Waals surface area contributed by atoms with Crippen LogP contribution in [0.1, 0.15) is 33.1 Å². The van der Waals surface area contributed by atoms with Crippen LogP contribution in [0.15, 0.2) is 54.6 Å². The smallest absolute Gasteiger partial charge is 0.254 e. The number of nitrogens with zero attached hydrogens (tertiary/aromatic N) is 1. The lowest BCUT2D eigenvalue weighted by Gasteiger charge is -2.38. The summed E-state index contributed by atoms with van der Waals surface area (Å²) < 4.78 is 26.0. The van der Waals surface area contributed by atoms with Gasteiger partial charge in [-0.15, -0.1) is 0 Å². The molecule has 0 spiro atoms. The molecule has 0 saturated carbocycles. The average Bonchev–Trinajstić information content (AvgIpc) is 2.77. The van der Waals surface area contributed by atoms with E-state index in [0.717, 1.165) is 11.1 Å². The van der Waals surface area contributed by atoms with Gasteiger partial charge in [0.05, 0.1) is 20.3 Å². The summed E-state index contributed by atoms with van der Waals surface area (Å²) in [6.07, 6.45) is 0.574. The molecule has 0 aliphatic carbocycles. The van der Waals surface area contributed by atoms with E-state index < -0.39 is 11.9 Å². The molecule has 3 aromatic rings. The second kappa shape index (κ2) is 8.77. The van der Waals surface area contributed by atoms with Gasteiger partial charge in [-0.1, -0.05) is 35.3 Å². The topological polar surface area (TPSA) is 38.8 Å². The summed E-state index contributed by atoms with van der Waals surface area (Å²) in [5, 5.41) is 0.701. The maximum Gasteiger partial charge on any atom is 0.254 e. The molecule has 31 heavy (non-hydrogen) atoms. The summed E-state index contributed by atoms with van der Waals surface area (Å²) in [4.78, 5) is 15.1. The van der Waals surface area contributed by atoms with Crippen molar-refractivity contribution >= 4 is 29.1 Å². The molecule has 0 fully saturated rings. The minimum absolute atomic E-state index is 0.243. The van der Waals surface area contributed by atoms with Crippen LogP contribution in [-0.2, 0) is 6.42 Å².